The van der Waals surface area contributed by atoms with Crippen LogP contribution in [0.25, 0.3) is 0 Å². The Hall–Kier alpha value is -1.42. The van der Waals surface area contributed by atoms with E-state index in [0.29, 0.717) is 19.1 Å². The number of nitrogens with zero attached hydrogens (tertiary/aromatic N) is 1. The first-order valence-electron chi connectivity index (χ1n) is 6.27. The number of hydrogen-bond donors (Lipinski definition) is 1. The lowest BCUT2D eigenvalue weighted by molar-refractivity contribution is -0.137. The molecule has 0 bridgehead atoms. The lowest BCUT2D eigenvalue weighted by Gasteiger charge is -2.22. The zero-order valence-corrected chi connectivity index (χ0v) is 10.5. The monoisotopic (exact) mass is 251 g/mol. The Bertz CT molecular complexity index is 443. The highest BCUT2D eigenvalue weighted by molar-refractivity contribution is 5.66. The Morgan fingerprint density at radius 2 is 2.22 bits per heavy atom. The second-order valence-electron chi connectivity index (χ2n) is 4.92. The van der Waals surface area contributed by atoms with Gasteiger partial charge in [0.1, 0.15) is 5.82 Å². The van der Waals surface area contributed by atoms with Gasteiger partial charge in [-0.15, -0.1) is 0 Å². The van der Waals surface area contributed by atoms with Crippen LogP contribution in [0.2, 0.25) is 0 Å². The highest BCUT2D eigenvalue weighted by atomic mass is 19.1. The van der Waals surface area contributed by atoms with Gasteiger partial charge in [-0.3, -0.25) is 9.69 Å². The normalized spacial score (nSPS) is 15.1. The summed E-state index contributed by atoms with van der Waals surface area (Å²) >= 11 is 0. The molecule has 1 fully saturated rings. The summed E-state index contributed by atoms with van der Waals surface area (Å²) in [6.07, 6.45) is 2.38. The number of carbonyl (C=O) groups is 1. The minimum Gasteiger partial charge on any atom is -0.481 e. The summed E-state index contributed by atoms with van der Waals surface area (Å²) in [6, 6.07) is 5.25. The van der Waals surface area contributed by atoms with Gasteiger partial charge in [0, 0.05) is 19.1 Å². The van der Waals surface area contributed by atoms with Gasteiger partial charge in [-0.2, -0.15) is 0 Å². The number of halogens is 1. The summed E-state index contributed by atoms with van der Waals surface area (Å²) < 4.78 is 13.2. The van der Waals surface area contributed by atoms with Gasteiger partial charge < -0.3 is 5.11 Å². The van der Waals surface area contributed by atoms with Crippen LogP contribution in [0.3, 0.4) is 0 Å². The molecule has 1 aromatic carbocycles. The highest BCUT2D eigenvalue weighted by Crippen LogP contribution is 2.29. The van der Waals surface area contributed by atoms with Crippen LogP contribution in [-0.4, -0.2) is 28.6 Å². The summed E-state index contributed by atoms with van der Waals surface area (Å²) in [7, 11) is 0. The van der Waals surface area contributed by atoms with Crippen molar-refractivity contribution in [2.45, 2.75) is 38.8 Å². The molecule has 98 valence electrons. The maximum Gasteiger partial charge on any atom is 0.304 e. The van der Waals surface area contributed by atoms with Gasteiger partial charge in [0.25, 0.3) is 0 Å². The molecule has 0 atom stereocenters. The molecule has 0 radical (unpaired) electrons. The molecule has 18 heavy (non-hydrogen) atoms. The van der Waals surface area contributed by atoms with Crippen molar-refractivity contribution in [1.82, 2.24) is 4.90 Å². The van der Waals surface area contributed by atoms with Gasteiger partial charge in [0.15, 0.2) is 0 Å². The molecule has 2 rings (SSSR count). The lowest BCUT2D eigenvalue weighted by atomic mass is 10.1. The van der Waals surface area contributed by atoms with Crippen molar-refractivity contribution in [3.05, 3.63) is 35.1 Å². The molecule has 0 saturated heterocycles. The third kappa shape index (κ3) is 3.53. The lowest BCUT2D eigenvalue weighted by Crippen LogP contribution is -2.28. The molecule has 0 aromatic heterocycles. The predicted molar refractivity (Wildman–Crippen MR) is 66.8 cm³/mol. The molecule has 0 amide bonds. The first-order chi connectivity index (χ1) is 8.56. The van der Waals surface area contributed by atoms with Crippen molar-refractivity contribution < 1.29 is 14.3 Å². The van der Waals surface area contributed by atoms with E-state index < -0.39 is 5.97 Å². The molecule has 1 aliphatic rings. The molecular formula is C14H18FNO2. The van der Waals surface area contributed by atoms with E-state index in [1.165, 1.54) is 6.07 Å². The van der Waals surface area contributed by atoms with Crippen LogP contribution >= 0.6 is 0 Å². The molecule has 4 heteroatoms. The molecule has 0 spiro atoms. The van der Waals surface area contributed by atoms with Gasteiger partial charge in [-0.1, -0.05) is 6.07 Å². The first kappa shape index (κ1) is 13.0. The third-order valence-electron chi connectivity index (χ3n) is 3.36. The number of rotatable bonds is 6. The molecule has 0 aliphatic heterocycles. The fourth-order valence-electron chi connectivity index (χ4n) is 2.10. The van der Waals surface area contributed by atoms with E-state index in [1.807, 2.05) is 6.92 Å². The van der Waals surface area contributed by atoms with Crippen molar-refractivity contribution in [3.8, 4) is 0 Å². The van der Waals surface area contributed by atoms with E-state index in [9.17, 15) is 9.18 Å². The van der Waals surface area contributed by atoms with Gasteiger partial charge in [-0.05, 0) is 43.0 Å². The smallest absolute Gasteiger partial charge is 0.304 e. The Labute approximate surface area is 106 Å². The van der Waals surface area contributed by atoms with Gasteiger partial charge >= 0.3 is 5.97 Å². The van der Waals surface area contributed by atoms with E-state index in [-0.39, 0.29) is 12.2 Å². The van der Waals surface area contributed by atoms with E-state index in [4.69, 9.17) is 5.11 Å². The highest BCUT2D eigenvalue weighted by Gasteiger charge is 2.29. The Kier molecular flexibility index (Phi) is 3.97. The number of hydrogen-bond acceptors (Lipinski definition) is 2. The van der Waals surface area contributed by atoms with Crippen molar-refractivity contribution in [3.63, 3.8) is 0 Å². The molecule has 0 heterocycles. The summed E-state index contributed by atoms with van der Waals surface area (Å²) in [4.78, 5) is 12.8. The third-order valence-corrected chi connectivity index (χ3v) is 3.36. The number of aryl methyl sites for hydroxylation is 1. The Morgan fingerprint density at radius 1 is 1.50 bits per heavy atom. The molecule has 1 N–H and O–H groups in total. The van der Waals surface area contributed by atoms with E-state index >= 15 is 0 Å². The second kappa shape index (κ2) is 5.48. The van der Waals surface area contributed by atoms with Crippen molar-refractivity contribution in [2.75, 3.05) is 6.54 Å². The maximum atomic E-state index is 13.2. The minimum absolute atomic E-state index is 0.144. The number of carboxylic acids is 1. The molecule has 3 nitrogen and oxygen atoms in total. The van der Waals surface area contributed by atoms with Crippen LogP contribution in [0.5, 0.6) is 0 Å². The standard InChI is InChI=1S/C14H18FNO2/c1-10-2-3-12(15)8-11(10)9-16(13-4-5-13)7-6-14(17)18/h2-3,8,13H,4-7,9H2,1H3,(H,17,18). The maximum absolute atomic E-state index is 13.2. The molecule has 1 saturated carbocycles. The number of aliphatic carboxylic acids is 1. The average Bonchev–Trinajstić information content (AvgIpc) is 3.12. The Morgan fingerprint density at radius 3 is 2.83 bits per heavy atom. The summed E-state index contributed by atoms with van der Waals surface area (Å²) in [6.45, 7) is 3.13. The average molecular weight is 251 g/mol. The summed E-state index contributed by atoms with van der Waals surface area (Å²) in [5.74, 6) is -1.01. The largest absolute Gasteiger partial charge is 0.481 e. The number of carboxylic acid groups (broad SMARTS) is 1. The van der Waals surface area contributed by atoms with Gasteiger partial charge in [0.2, 0.25) is 0 Å². The zero-order valence-electron chi connectivity index (χ0n) is 10.5. The van der Waals surface area contributed by atoms with Gasteiger partial charge in [-0.25, -0.2) is 4.39 Å². The van der Waals surface area contributed by atoms with Crippen molar-refractivity contribution >= 4 is 5.97 Å². The molecular weight excluding hydrogens is 233 g/mol. The molecule has 0 unspecified atom stereocenters. The van der Waals surface area contributed by atoms with E-state index in [2.05, 4.69) is 4.90 Å². The topological polar surface area (TPSA) is 40.5 Å². The van der Waals surface area contributed by atoms with Crippen molar-refractivity contribution in [1.29, 1.82) is 0 Å². The number of benzene rings is 1. The van der Waals surface area contributed by atoms with Crippen LogP contribution in [0.15, 0.2) is 18.2 Å². The van der Waals surface area contributed by atoms with Crippen LogP contribution in [-0.2, 0) is 11.3 Å². The van der Waals surface area contributed by atoms with Gasteiger partial charge in [0.05, 0.1) is 6.42 Å². The second-order valence-corrected chi connectivity index (χ2v) is 4.92. The first-order valence-corrected chi connectivity index (χ1v) is 6.27. The minimum atomic E-state index is -0.781. The quantitative estimate of drug-likeness (QED) is 0.844. The van der Waals surface area contributed by atoms with Crippen LogP contribution < -0.4 is 0 Å². The molecule has 1 aliphatic carbocycles. The van der Waals surface area contributed by atoms with Crippen LogP contribution in [0, 0.1) is 12.7 Å². The molecule has 1 aromatic rings. The van der Waals surface area contributed by atoms with E-state index in [0.717, 1.165) is 24.0 Å². The van der Waals surface area contributed by atoms with Crippen LogP contribution in [0.1, 0.15) is 30.4 Å². The fraction of sp³-hybridized carbons (Fsp3) is 0.500. The Balaban J connectivity index is 2.03. The fourth-order valence-corrected chi connectivity index (χ4v) is 2.10. The van der Waals surface area contributed by atoms with Crippen LogP contribution in [0.4, 0.5) is 4.39 Å². The predicted octanol–water partition coefficient (Wildman–Crippen LogP) is 2.57. The zero-order chi connectivity index (χ0) is 13.1. The van der Waals surface area contributed by atoms with Crippen molar-refractivity contribution in [2.24, 2.45) is 0 Å². The summed E-state index contributed by atoms with van der Waals surface area (Å²) in [5.41, 5.74) is 2.00. The summed E-state index contributed by atoms with van der Waals surface area (Å²) in [5, 5.41) is 8.74. The SMILES string of the molecule is Cc1ccc(F)cc1CN(CCC(=O)O)C1CC1. The van der Waals surface area contributed by atoms with E-state index in [1.54, 1.807) is 12.1 Å².